The van der Waals surface area contributed by atoms with E-state index in [1.54, 1.807) is 6.07 Å². The van der Waals surface area contributed by atoms with E-state index in [9.17, 15) is 5.26 Å². The number of para-hydroxylation sites is 2. The molecule has 0 fully saturated rings. The Kier molecular flexibility index (Phi) is 7.76. The van der Waals surface area contributed by atoms with Crippen LogP contribution in [-0.4, -0.2) is 15.0 Å². The Labute approximate surface area is 333 Å². The zero-order valence-corrected chi connectivity index (χ0v) is 30.9. The lowest BCUT2D eigenvalue weighted by Gasteiger charge is -2.10. The number of nitriles is 1. The van der Waals surface area contributed by atoms with Crippen LogP contribution in [0.25, 0.3) is 111 Å². The molecule has 270 valence electrons. The van der Waals surface area contributed by atoms with Crippen molar-refractivity contribution in [2.45, 2.75) is 0 Å². The van der Waals surface area contributed by atoms with Gasteiger partial charge in [0.2, 0.25) is 0 Å². The molecule has 0 atom stereocenters. The first-order valence-corrected chi connectivity index (χ1v) is 19.1. The fourth-order valence-electron chi connectivity index (χ4n) is 7.94. The number of nitrogens with zero attached hydrogens (tertiary/aromatic N) is 4. The Morgan fingerprint density at radius 1 is 0.362 bits per heavy atom. The van der Waals surface area contributed by atoms with Crippen LogP contribution < -0.4 is 0 Å². The summed E-state index contributed by atoms with van der Waals surface area (Å²) in [6, 6.07) is 63.5. The van der Waals surface area contributed by atoms with Crippen molar-refractivity contribution in [3.63, 3.8) is 0 Å². The molecule has 0 amide bonds. The van der Waals surface area contributed by atoms with E-state index in [1.807, 2.05) is 97.1 Å². The number of hydrogen-bond donors (Lipinski definition) is 0. The number of furan rings is 2. The summed E-state index contributed by atoms with van der Waals surface area (Å²) in [6.45, 7) is 0. The van der Waals surface area contributed by atoms with E-state index in [0.717, 1.165) is 82.8 Å². The number of fused-ring (bicyclic) bond motifs is 6. The topological polar surface area (TPSA) is 88.7 Å². The molecule has 0 unspecified atom stereocenters. The van der Waals surface area contributed by atoms with Gasteiger partial charge in [0, 0.05) is 32.7 Å². The Morgan fingerprint density at radius 2 is 0.948 bits per heavy atom. The zero-order chi connectivity index (χ0) is 38.6. The lowest BCUT2D eigenvalue weighted by Crippen LogP contribution is -2.00. The summed E-state index contributed by atoms with van der Waals surface area (Å²) >= 11 is 0. The SMILES string of the molecule is N#Cc1cccc(-c2ccc(-c3nc(-c4ccc5c(c4)oc4cccc(-c6ccc(-c7ccccc7)cc6)c45)nc(-c4cccc5c4oc4ccccc45)n3)cc2)c1. The molecule has 58 heavy (non-hydrogen) atoms. The molecule has 6 heteroatoms. The second-order valence-corrected chi connectivity index (χ2v) is 14.3. The van der Waals surface area contributed by atoms with Crippen LogP contribution in [0.5, 0.6) is 0 Å². The van der Waals surface area contributed by atoms with Gasteiger partial charge in [0.15, 0.2) is 17.5 Å². The molecular weight excluding hydrogens is 713 g/mol. The average Bonchev–Trinajstić information content (AvgIpc) is 3.88. The van der Waals surface area contributed by atoms with Gasteiger partial charge >= 0.3 is 0 Å². The van der Waals surface area contributed by atoms with Gasteiger partial charge in [-0.25, -0.2) is 15.0 Å². The van der Waals surface area contributed by atoms with Crippen molar-refractivity contribution < 1.29 is 8.83 Å². The van der Waals surface area contributed by atoms with Crippen LogP contribution >= 0.6 is 0 Å². The van der Waals surface area contributed by atoms with Gasteiger partial charge in [-0.2, -0.15) is 5.26 Å². The third-order valence-corrected chi connectivity index (χ3v) is 10.8. The predicted octanol–water partition coefficient (Wildman–Crippen LogP) is 13.5. The second kappa shape index (κ2) is 13.6. The van der Waals surface area contributed by atoms with Crippen LogP contribution in [0.1, 0.15) is 5.56 Å². The van der Waals surface area contributed by atoms with Crippen LogP contribution in [0, 0.1) is 11.3 Å². The summed E-state index contributed by atoms with van der Waals surface area (Å²) in [5, 5.41) is 13.6. The van der Waals surface area contributed by atoms with E-state index in [-0.39, 0.29) is 0 Å². The highest BCUT2D eigenvalue weighted by Gasteiger charge is 2.19. The van der Waals surface area contributed by atoms with Crippen LogP contribution in [0.3, 0.4) is 0 Å². The minimum Gasteiger partial charge on any atom is -0.456 e. The maximum atomic E-state index is 9.46. The van der Waals surface area contributed by atoms with Gasteiger partial charge in [-0.05, 0) is 75.8 Å². The Bertz CT molecular complexity index is 3390. The van der Waals surface area contributed by atoms with Crippen molar-refractivity contribution in [3.05, 3.63) is 188 Å². The molecule has 11 aromatic rings. The first-order chi connectivity index (χ1) is 28.7. The van der Waals surface area contributed by atoms with E-state index in [4.69, 9.17) is 23.8 Å². The van der Waals surface area contributed by atoms with Gasteiger partial charge in [0.05, 0.1) is 17.2 Å². The van der Waals surface area contributed by atoms with Gasteiger partial charge in [0.1, 0.15) is 22.3 Å². The molecular formula is C52H30N4O2. The summed E-state index contributed by atoms with van der Waals surface area (Å²) in [6.07, 6.45) is 0. The van der Waals surface area contributed by atoms with Gasteiger partial charge < -0.3 is 8.83 Å². The predicted molar refractivity (Wildman–Crippen MR) is 232 cm³/mol. The van der Waals surface area contributed by atoms with E-state index >= 15 is 0 Å². The Balaban J connectivity index is 1.04. The number of aromatic nitrogens is 3. The maximum absolute atomic E-state index is 9.46. The number of benzene rings is 8. The lowest BCUT2D eigenvalue weighted by atomic mass is 9.96. The molecule has 0 saturated carbocycles. The van der Waals surface area contributed by atoms with Crippen LogP contribution in [0.2, 0.25) is 0 Å². The molecule has 8 aromatic carbocycles. The monoisotopic (exact) mass is 742 g/mol. The van der Waals surface area contributed by atoms with E-state index in [0.29, 0.717) is 23.0 Å². The highest BCUT2D eigenvalue weighted by Crippen LogP contribution is 2.40. The molecule has 0 spiro atoms. The van der Waals surface area contributed by atoms with Crippen molar-refractivity contribution >= 4 is 43.9 Å². The molecule has 6 nitrogen and oxygen atoms in total. The third-order valence-electron chi connectivity index (χ3n) is 10.8. The Hall–Kier alpha value is -8.14. The first kappa shape index (κ1) is 33.2. The largest absolute Gasteiger partial charge is 0.456 e. The molecule has 0 saturated heterocycles. The van der Waals surface area contributed by atoms with Crippen molar-refractivity contribution in [2.75, 3.05) is 0 Å². The minimum atomic E-state index is 0.501. The molecule has 0 N–H and O–H groups in total. The molecule has 0 aliphatic heterocycles. The van der Waals surface area contributed by atoms with Gasteiger partial charge in [-0.1, -0.05) is 140 Å². The van der Waals surface area contributed by atoms with Crippen molar-refractivity contribution in [3.8, 4) is 73.6 Å². The van der Waals surface area contributed by atoms with Crippen molar-refractivity contribution in [1.29, 1.82) is 5.26 Å². The molecule has 3 aromatic heterocycles. The third kappa shape index (κ3) is 5.69. The molecule has 11 rings (SSSR count). The molecule has 0 aliphatic carbocycles. The quantitative estimate of drug-likeness (QED) is 0.168. The summed E-state index contributed by atoms with van der Waals surface area (Å²) in [7, 11) is 0. The molecule has 0 bridgehead atoms. The van der Waals surface area contributed by atoms with E-state index in [1.165, 1.54) is 11.1 Å². The highest BCUT2D eigenvalue weighted by molar-refractivity contribution is 6.13. The molecule has 0 aliphatic rings. The second-order valence-electron chi connectivity index (χ2n) is 14.3. The molecule has 3 heterocycles. The summed E-state index contributed by atoms with van der Waals surface area (Å²) in [5.41, 5.74) is 12.6. The minimum absolute atomic E-state index is 0.501. The fourth-order valence-corrected chi connectivity index (χ4v) is 7.94. The maximum Gasteiger partial charge on any atom is 0.167 e. The van der Waals surface area contributed by atoms with Crippen LogP contribution in [-0.2, 0) is 0 Å². The first-order valence-electron chi connectivity index (χ1n) is 19.1. The lowest BCUT2D eigenvalue weighted by molar-refractivity contribution is 0.668. The van der Waals surface area contributed by atoms with Crippen molar-refractivity contribution in [1.82, 2.24) is 15.0 Å². The average molecular weight is 743 g/mol. The zero-order valence-electron chi connectivity index (χ0n) is 30.9. The highest BCUT2D eigenvalue weighted by atomic mass is 16.3. The van der Waals surface area contributed by atoms with E-state index < -0.39 is 0 Å². The normalized spacial score (nSPS) is 11.4. The number of hydrogen-bond acceptors (Lipinski definition) is 6. The van der Waals surface area contributed by atoms with Crippen LogP contribution in [0.15, 0.2) is 191 Å². The Morgan fingerprint density at radius 3 is 1.78 bits per heavy atom. The van der Waals surface area contributed by atoms with Gasteiger partial charge in [0.25, 0.3) is 0 Å². The summed E-state index contributed by atoms with van der Waals surface area (Å²) in [5.74, 6) is 1.54. The smallest absolute Gasteiger partial charge is 0.167 e. The standard InChI is InChI=1S/C52H30N4O2/c53-31-32-9-6-12-38(29-32)35-21-25-37(26-22-35)50-54-51(56-52(55-50)44-16-7-15-42-41-13-4-5-17-45(41)58-49(42)44)39-27-28-43-47(30-39)57-46-18-8-14-40(48(43)46)36-23-19-34(20-24-36)33-10-2-1-3-11-33/h1-30H. The van der Waals surface area contributed by atoms with E-state index in [2.05, 4.69) is 84.9 Å². The molecule has 0 radical (unpaired) electrons. The summed E-state index contributed by atoms with van der Waals surface area (Å²) < 4.78 is 13.0. The van der Waals surface area contributed by atoms with Crippen LogP contribution in [0.4, 0.5) is 0 Å². The summed E-state index contributed by atoms with van der Waals surface area (Å²) in [4.78, 5) is 15.3. The van der Waals surface area contributed by atoms with Crippen molar-refractivity contribution in [2.24, 2.45) is 0 Å². The fraction of sp³-hybridized carbons (Fsp3) is 0. The van der Waals surface area contributed by atoms with Gasteiger partial charge in [-0.3, -0.25) is 0 Å². The number of rotatable bonds is 6. The van der Waals surface area contributed by atoms with Gasteiger partial charge in [-0.15, -0.1) is 0 Å².